The predicted molar refractivity (Wildman–Crippen MR) is 120 cm³/mol. The molecule has 0 radical (unpaired) electrons. The van der Waals surface area contributed by atoms with Crippen LogP contribution in [0, 0.1) is 19.8 Å². The van der Waals surface area contributed by atoms with Crippen LogP contribution in [0.2, 0.25) is 0 Å². The van der Waals surface area contributed by atoms with E-state index in [1.807, 2.05) is 31.2 Å². The molecule has 0 bridgehead atoms. The number of aromatic nitrogens is 4. The van der Waals surface area contributed by atoms with Gasteiger partial charge in [-0.1, -0.05) is 26.0 Å². The minimum absolute atomic E-state index is 0.0744. The van der Waals surface area contributed by atoms with Crippen molar-refractivity contribution in [2.24, 2.45) is 5.92 Å². The molecule has 2 N–H and O–H groups in total. The Bertz CT molecular complexity index is 1190. The number of aromatic amines is 1. The molecule has 1 amide bonds. The minimum atomic E-state index is -3.04. The van der Waals surface area contributed by atoms with Crippen molar-refractivity contribution in [2.45, 2.75) is 52.6 Å². The van der Waals surface area contributed by atoms with Gasteiger partial charge in [-0.05, 0) is 44.7 Å². The normalized spacial score (nSPS) is 19.2. The first-order valence-electron chi connectivity index (χ1n) is 10.7. The number of sulfone groups is 1. The molecule has 4 rings (SSSR count). The molecule has 31 heavy (non-hydrogen) atoms. The topological polar surface area (TPSA) is 110 Å². The lowest BCUT2D eigenvalue weighted by Crippen LogP contribution is -2.31. The van der Waals surface area contributed by atoms with Crippen molar-refractivity contribution >= 4 is 26.8 Å². The van der Waals surface area contributed by atoms with E-state index in [9.17, 15) is 13.2 Å². The molecule has 0 unspecified atom stereocenters. The third-order valence-corrected chi connectivity index (χ3v) is 7.61. The number of hydrogen-bond donors (Lipinski definition) is 2. The summed E-state index contributed by atoms with van der Waals surface area (Å²) in [5, 5.41) is 7.66. The number of imidazole rings is 1. The van der Waals surface area contributed by atoms with Crippen LogP contribution in [-0.2, 0) is 9.84 Å². The van der Waals surface area contributed by atoms with E-state index < -0.39 is 9.84 Å². The molecular weight excluding hydrogens is 414 g/mol. The summed E-state index contributed by atoms with van der Waals surface area (Å²) in [6, 6.07) is 7.31. The molecular formula is C22H29N5O3S. The van der Waals surface area contributed by atoms with E-state index in [2.05, 4.69) is 34.2 Å². The molecule has 166 valence electrons. The molecule has 3 aromatic rings. The van der Waals surface area contributed by atoms with Gasteiger partial charge in [0.15, 0.2) is 9.84 Å². The number of rotatable bonds is 6. The van der Waals surface area contributed by atoms with E-state index in [4.69, 9.17) is 0 Å². The SMILES string of the molecule is Cc1nn([C@@H]2CCS(=O)(=O)C2)c(C)c1C(=O)N[C@@H](CC(C)C)c1nc2ccccc2[nH]1. The number of carbonyl (C=O) groups is 1. The van der Waals surface area contributed by atoms with Crippen LogP contribution in [-0.4, -0.2) is 45.6 Å². The molecule has 1 fully saturated rings. The zero-order valence-electron chi connectivity index (χ0n) is 18.3. The monoisotopic (exact) mass is 443 g/mol. The highest BCUT2D eigenvalue weighted by atomic mass is 32.2. The molecule has 1 aliphatic heterocycles. The molecule has 1 saturated heterocycles. The maximum absolute atomic E-state index is 13.3. The average molecular weight is 444 g/mol. The maximum atomic E-state index is 13.3. The van der Waals surface area contributed by atoms with E-state index in [1.54, 1.807) is 11.6 Å². The molecule has 0 aliphatic carbocycles. The van der Waals surface area contributed by atoms with Gasteiger partial charge in [-0.2, -0.15) is 5.10 Å². The highest BCUT2D eigenvalue weighted by Gasteiger charge is 2.33. The third-order valence-electron chi connectivity index (χ3n) is 5.86. The summed E-state index contributed by atoms with van der Waals surface area (Å²) < 4.78 is 25.5. The highest BCUT2D eigenvalue weighted by Crippen LogP contribution is 2.28. The number of nitrogens with one attached hydrogen (secondary N) is 2. The van der Waals surface area contributed by atoms with E-state index >= 15 is 0 Å². The van der Waals surface area contributed by atoms with Gasteiger partial charge in [0.1, 0.15) is 5.82 Å². The van der Waals surface area contributed by atoms with E-state index in [0.29, 0.717) is 29.3 Å². The number of carbonyl (C=O) groups excluding carboxylic acids is 1. The maximum Gasteiger partial charge on any atom is 0.255 e. The van der Waals surface area contributed by atoms with Crippen molar-refractivity contribution in [1.82, 2.24) is 25.1 Å². The molecule has 0 spiro atoms. The summed E-state index contributed by atoms with van der Waals surface area (Å²) in [5.74, 6) is 1.11. The fourth-order valence-corrected chi connectivity index (χ4v) is 6.09. The first-order chi connectivity index (χ1) is 14.6. The molecule has 2 aromatic heterocycles. The summed E-state index contributed by atoms with van der Waals surface area (Å²) in [7, 11) is -3.04. The standard InChI is InChI=1S/C22H29N5O3S/c1-13(2)11-19(21-23-17-7-5-6-8-18(17)24-21)25-22(28)20-14(3)26-27(15(20)4)16-9-10-31(29,30)12-16/h5-8,13,16,19H,9-12H2,1-4H3,(H,23,24)(H,25,28)/t16-,19+/m1/s1. The van der Waals surface area contributed by atoms with Gasteiger partial charge < -0.3 is 10.3 Å². The average Bonchev–Trinajstić information content (AvgIpc) is 3.35. The Morgan fingerprint density at radius 1 is 1.29 bits per heavy atom. The van der Waals surface area contributed by atoms with Crippen LogP contribution < -0.4 is 5.32 Å². The Morgan fingerprint density at radius 3 is 2.68 bits per heavy atom. The summed E-state index contributed by atoms with van der Waals surface area (Å²) in [6.07, 6.45) is 1.26. The summed E-state index contributed by atoms with van der Waals surface area (Å²) in [4.78, 5) is 21.3. The predicted octanol–water partition coefficient (Wildman–Crippen LogP) is 3.25. The van der Waals surface area contributed by atoms with Crippen molar-refractivity contribution < 1.29 is 13.2 Å². The summed E-state index contributed by atoms with van der Waals surface area (Å²) >= 11 is 0. The second kappa shape index (κ2) is 8.11. The van der Waals surface area contributed by atoms with Crippen LogP contribution in [0.25, 0.3) is 11.0 Å². The van der Waals surface area contributed by atoms with E-state index in [0.717, 1.165) is 23.3 Å². The van der Waals surface area contributed by atoms with Crippen molar-refractivity contribution in [3.63, 3.8) is 0 Å². The Balaban J connectivity index is 1.62. The lowest BCUT2D eigenvalue weighted by atomic mass is 10.0. The van der Waals surface area contributed by atoms with Crippen LogP contribution in [0.3, 0.4) is 0 Å². The van der Waals surface area contributed by atoms with Gasteiger partial charge in [0, 0.05) is 5.69 Å². The van der Waals surface area contributed by atoms with Crippen molar-refractivity contribution in [2.75, 3.05) is 11.5 Å². The fraction of sp³-hybridized carbons (Fsp3) is 0.500. The second-order valence-corrected chi connectivity index (χ2v) is 11.1. The zero-order chi connectivity index (χ0) is 22.3. The number of para-hydroxylation sites is 2. The Labute approximate surface area is 182 Å². The van der Waals surface area contributed by atoms with Crippen LogP contribution >= 0.6 is 0 Å². The second-order valence-electron chi connectivity index (χ2n) is 8.84. The minimum Gasteiger partial charge on any atom is -0.342 e. The summed E-state index contributed by atoms with van der Waals surface area (Å²) in [6.45, 7) is 7.84. The lowest BCUT2D eigenvalue weighted by Gasteiger charge is -2.19. The molecule has 9 heteroatoms. The molecule has 8 nitrogen and oxygen atoms in total. The van der Waals surface area contributed by atoms with Gasteiger partial charge in [0.2, 0.25) is 0 Å². The molecule has 0 saturated carbocycles. The quantitative estimate of drug-likeness (QED) is 0.608. The number of hydrogen-bond acceptors (Lipinski definition) is 5. The van der Waals surface area contributed by atoms with Crippen LogP contribution in [0.4, 0.5) is 0 Å². The van der Waals surface area contributed by atoms with Crippen molar-refractivity contribution in [3.05, 3.63) is 47.0 Å². The molecule has 1 aliphatic rings. The summed E-state index contributed by atoms with van der Waals surface area (Å²) in [5.41, 5.74) is 3.61. The van der Waals surface area contributed by atoms with Gasteiger partial charge in [-0.3, -0.25) is 9.48 Å². The van der Waals surface area contributed by atoms with Crippen molar-refractivity contribution in [3.8, 4) is 0 Å². The Kier molecular flexibility index (Phi) is 5.63. The Hall–Kier alpha value is -2.68. The number of benzene rings is 1. The number of H-pyrrole nitrogens is 1. The smallest absolute Gasteiger partial charge is 0.255 e. The number of fused-ring (bicyclic) bond motifs is 1. The number of amides is 1. The van der Waals surface area contributed by atoms with Gasteiger partial charge in [0.05, 0.1) is 45.9 Å². The van der Waals surface area contributed by atoms with Gasteiger partial charge in [-0.15, -0.1) is 0 Å². The number of aryl methyl sites for hydroxylation is 1. The first-order valence-corrected chi connectivity index (χ1v) is 12.5. The Morgan fingerprint density at radius 2 is 2.03 bits per heavy atom. The van der Waals surface area contributed by atoms with Gasteiger partial charge >= 0.3 is 0 Å². The van der Waals surface area contributed by atoms with Gasteiger partial charge in [0.25, 0.3) is 5.91 Å². The molecule has 3 heterocycles. The largest absolute Gasteiger partial charge is 0.342 e. The van der Waals surface area contributed by atoms with Crippen LogP contribution in [0.15, 0.2) is 24.3 Å². The van der Waals surface area contributed by atoms with E-state index in [1.165, 1.54) is 0 Å². The van der Waals surface area contributed by atoms with Crippen LogP contribution in [0.5, 0.6) is 0 Å². The first kappa shape index (κ1) is 21.5. The van der Waals surface area contributed by atoms with Crippen molar-refractivity contribution in [1.29, 1.82) is 0 Å². The third kappa shape index (κ3) is 4.37. The van der Waals surface area contributed by atoms with Gasteiger partial charge in [-0.25, -0.2) is 13.4 Å². The molecule has 2 atom stereocenters. The molecule has 1 aromatic carbocycles. The lowest BCUT2D eigenvalue weighted by molar-refractivity contribution is 0.0928. The number of nitrogens with zero attached hydrogens (tertiary/aromatic N) is 3. The zero-order valence-corrected chi connectivity index (χ0v) is 19.2. The highest BCUT2D eigenvalue weighted by molar-refractivity contribution is 7.91. The van der Waals surface area contributed by atoms with Crippen LogP contribution in [0.1, 0.15) is 66.3 Å². The van der Waals surface area contributed by atoms with E-state index in [-0.39, 0.29) is 29.5 Å². The fourth-order valence-electron chi connectivity index (χ4n) is 4.39.